The average Bonchev–Trinajstić information content (AvgIpc) is 2.05. The van der Waals surface area contributed by atoms with E-state index in [0.29, 0.717) is 0 Å². The standard InChI is InChI=1S/C9H14N2O/c1-2-11-9(12)7-5-3-4-6-8(7)10/h2H,1,3-6,10H2,(H,11,12). The second-order valence-corrected chi connectivity index (χ2v) is 2.89. The maximum Gasteiger partial charge on any atom is 0.252 e. The Morgan fingerprint density at radius 1 is 1.50 bits per heavy atom. The van der Waals surface area contributed by atoms with Crippen LogP contribution in [0, 0.1) is 0 Å². The zero-order chi connectivity index (χ0) is 8.97. The van der Waals surface area contributed by atoms with Gasteiger partial charge in [0.2, 0.25) is 0 Å². The molecule has 0 aromatic rings. The Bertz CT molecular complexity index is 231. The summed E-state index contributed by atoms with van der Waals surface area (Å²) in [6.45, 7) is 3.43. The summed E-state index contributed by atoms with van der Waals surface area (Å²) in [5.74, 6) is -0.0952. The molecule has 1 aliphatic carbocycles. The van der Waals surface area contributed by atoms with Crippen LogP contribution in [-0.4, -0.2) is 5.91 Å². The molecule has 0 aromatic heterocycles. The quantitative estimate of drug-likeness (QED) is 0.643. The van der Waals surface area contributed by atoms with E-state index in [0.717, 1.165) is 37.0 Å². The summed E-state index contributed by atoms with van der Waals surface area (Å²) in [4.78, 5) is 11.3. The van der Waals surface area contributed by atoms with Crippen molar-refractivity contribution in [3.05, 3.63) is 24.0 Å². The predicted molar refractivity (Wildman–Crippen MR) is 48.0 cm³/mol. The number of rotatable bonds is 2. The minimum atomic E-state index is -0.0952. The molecule has 0 fully saturated rings. The third-order valence-corrected chi connectivity index (χ3v) is 2.02. The van der Waals surface area contributed by atoms with Gasteiger partial charge < -0.3 is 11.1 Å². The van der Waals surface area contributed by atoms with Gasteiger partial charge in [0.25, 0.3) is 5.91 Å². The molecule has 0 spiro atoms. The molecule has 0 bridgehead atoms. The van der Waals surface area contributed by atoms with Gasteiger partial charge in [0.15, 0.2) is 0 Å². The van der Waals surface area contributed by atoms with Crippen LogP contribution in [0.1, 0.15) is 25.7 Å². The first-order valence-corrected chi connectivity index (χ1v) is 4.15. The molecule has 0 heterocycles. The first-order valence-electron chi connectivity index (χ1n) is 4.15. The Morgan fingerprint density at radius 3 is 2.75 bits per heavy atom. The van der Waals surface area contributed by atoms with Crippen LogP contribution in [0.25, 0.3) is 0 Å². The predicted octanol–water partition coefficient (Wildman–Crippen LogP) is 1.03. The highest BCUT2D eigenvalue weighted by Gasteiger charge is 2.15. The Balaban J connectivity index is 2.70. The van der Waals surface area contributed by atoms with Gasteiger partial charge in [0, 0.05) is 11.3 Å². The lowest BCUT2D eigenvalue weighted by Gasteiger charge is -2.15. The molecule has 3 N–H and O–H groups in total. The fourth-order valence-corrected chi connectivity index (χ4v) is 1.37. The van der Waals surface area contributed by atoms with E-state index in [2.05, 4.69) is 11.9 Å². The highest BCUT2D eigenvalue weighted by atomic mass is 16.1. The summed E-state index contributed by atoms with van der Waals surface area (Å²) in [6.07, 6.45) is 5.18. The molecule has 12 heavy (non-hydrogen) atoms. The third kappa shape index (κ3) is 1.87. The molecule has 0 atom stereocenters. The summed E-state index contributed by atoms with van der Waals surface area (Å²) in [6, 6.07) is 0. The monoisotopic (exact) mass is 166 g/mol. The van der Waals surface area contributed by atoms with Crippen molar-refractivity contribution in [1.29, 1.82) is 0 Å². The Kier molecular flexibility index (Phi) is 2.91. The minimum Gasteiger partial charge on any atom is -0.402 e. The van der Waals surface area contributed by atoms with Crippen molar-refractivity contribution in [3.63, 3.8) is 0 Å². The maximum atomic E-state index is 11.3. The fraction of sp³-hybridized carbons (Fsp3) is 0.444. The number of allylic oxidation sites excluding steroid dienone is 1. The molecule has 66 valence electrons. The molecule has 1 amide bonds. The third-order valence-electron chi connectivity index (χ3n) is 2.02. The van der Waals surface area contributed by atoms with Gasteiger partial charge in [-0.1, -0.05) is 6.58 Å². The smallest absolute Gasteiger partial charge is 0.252 e. The van der Waals surface area contributed by atoms with Crippen LogP contribution in [0.3, 0.4) is 0 Å². The van der Waals surface area contributed by atoms with E-state index in [1.807, 2.05) is 0 Å². The maximum absolute atomic E-state index is 11.3. The second-order valence-electron chi connectivity index (χ2n) is 2.89. The van der Waals surface area contributed by atoms with Crippen molar-refractivity contribution < 1.29 is 4.79 Å². The number of nitrogens with two attached hydrogens (primary N) is 1. The molecule has 3 heteroatoms. The van der Waals surface area contributed by atoms with Crippen molar-refractivity contribution in [3.8, 4) is 0 Å². The number of hydrogen-bond donors (Lipinski definition) is 2. The largest absolute Gasteiger partial charge is 0.402 e. The van der Waals surface area contributed by atoms with E-state index in [4.69, 9.17) is 5.73 Å². The van der Waals surface area contributed by atoms with Crippen molar-refractivity contribution in [2.45, 2.75) is 25.7 Å². The van der Waals surface area contributed by atoms with Crippen molar-refractivity contribution in [1.82, 2.24) is 5.32 Å². The lowest BCUT2D eigenvalue weighted by Crippen LogP contribution is -2.24. The summed E-state index contributed by atoms with van der Waals surface area (Å²) >= 11 is 0. The number of amides is 1. The molecule has 0 aliphatic heterocycles. The molecular weight excluding hydrogens is 152 g/mol. The Hall–Kier alpha value is -1.25. The Labute approximate surface area is 72.3 Å². The molecule has 1 rings (SSSR count). The first kappa shape index (κ1) is 8.84. The topological polar surface area (TPSA) is 55.1 Å². The zero-order valence-corrected chi connectivity index (χ0v) is 7.10. The van der Waals surface area contributed by atoms with Crippen LogP contribution in [0.2, 0.25) is 0 Å². The number of hydrogen-bond acceptors (Lipinski definition) is 2. The van der Waals surface area contributed by atoms with Crippen molar-refractivity contribution in [2.24, 2.45) is 5.73 Å². The summed E-state index contributed by atoms with van der Waals surface area (Å²) < 4.78 is 0. The fourth-order valence-electron chi connectivity index (χ4n) is 1.37. The Morgan fingerprint density at radius 2 is 2.17 bits per heavy atom. The molecule has 0 aromatic carbocycles. The zero-order valence-electron chi connectivity index (χ0n) is 7.10. The van der Waals surface area contributed by atoms with Crippen molar-refractivity contribution in [2.75, 3.05) is 0 Å². The number of carbonyl (C=O) groups excluding carboxylic acids is 1. The van der Waals surface area contributed by atoms with E-state index in [-0.39, 0.29) is 5.91 Å². The van der Waals surface area contributed by atoms with Gasteiger partial charge >= 0.3 is 0 Å². The molecule has 0 radical (unpaired) electrons. The van der Waals surface area contributed by atoms with Gasteiger partial charge in [-0.05, 0) is 31.9 Å². The molecule has 1 aliphatic rings. The first-order chi connectivity index (χ1) is 5.75. The van der Waals surface area contributed by atoms with E-state index in [9.17, 15) is 4.79 Å². The average molecular weight is 166 g/mol. The molecule has 0 unspecified atom stereocenters. The van der Waals surface area contributed by atoms with E-state index >= 15 is 0 Å². The molecule has 0 saturated heterocycles. The van der Waals surface area contributed by atoms with E-state index in [1.165, 1.54) is 6.20 Å². The normalized spacial score (nSPS) is 17.3. The van der Waals surface area contributed by atoms with Gasteiger partial charge in [-0.25, -0.2) is 0 Å². The van der Waals surface area contributed by atoms with Gasteiger partial charge in [0.1, 0.15) is 0 Å². The van der Waals surface area contributed by atoms with Crippen LogP contribution >= 0.6 is 0 Å². The van der Waals surface area contributed by atoms with E-state index in [1.54, 1.807) is 0 Å². The SMILES string of the molecule is C=CNC(=O)C1=C(N)CCCC1. The molecular formula is C9H14N2O. The molecule has 3 nitrogen and oxygen atoms in total. The summed E-state index contributed by atoms with van der Waals surface area (Å²) in [5.41, 5.74) is 7.17. The van der Waals surface area contributed by atoms with Gasteiger partial charge in [-0.2, -0.15) is 0 Å². The van der Waals surface area contributed by atoms with Gasteiger partial charge in [-0.3, -0.25) is 4.79 Å². The van der Waals surface area contributed by atoms with Crippen LogP contribution in [0.15, 0.2) is 24.0 Å². The van der Waals surface area contributed by atoms with Crippen LogP contribution < -0.4 is 11.1 Å². The van der Waals surface area contributed by atoms with Crippen molar-refractivity contribution >= 4 is 5.91 Å². The highest BCUT2D eigenvalue weighted by Crippen LogP contribution is 2.21. The van der Waals surface area contributed by atoms with E-state index < -0.39 is 0 Å². The number of carbonyl (C=O) groups is 1. The second kappa shape index (κ2) is 3.95. The molecule has 0 saturated carbocycles. The van der Waals surface area contributed by atoms with Crippen LogP contribution in [0.5, 0.6) is 0 Å². The lowest BCUT2D eigenvalue weighted by molar-refractivity contribution is -0.116. The minimum absolute atomic E-state index is 0.0952. The van der Waals surface area contributed by atoms with Gasteiger partial charge in [-0.15, -0.1) is 0 Å². The van der Waals surface area contributed by atoms with Gasteiger partial charge in [0.05, 0.1) is 0 Å². The summed E-state index contributed by atoms with van der Waals surface area (Å²) in [5, 5.41) is 2.53. The van der Waals surface area contributed by atoms with Crippen LogP contribution in [0.4, 0.5) is 0 Å². The lowest BCUT2D eigenvalue weighted by atomic mass is 9.96. The van der Waals surface area contributed by atoms with Crippen LogP contribution in [-0.2, 0) is 4.79 Å². The number of nitrogens with one attached hydrogen (secondary N) is 1. The highest BCUT2D eigenvalue weighted by molar-refractivity contribution is 5.94. The summed E-state index contributed by atoms with van der Waals surface area (Å²) in [7, 11) is 0.